The van der Waals surface area contributed by atoms with Gasteiger partial charge in [-0.05, 0) is 26.0 Å². The Bertz CT molecular complexity index is 881. The van der Waals surface area contributed by atoms with E-state index in [1.54, 1.807) is 36.8 Å². The van der Waals surface area contributed by atoms with E-state index in [-0.39, 0.29) is 12.0 Å². The van der Waals surface area contributed by atoms with Crippen LogP contribution in [-0.2, 0) is 4.74 Å². The Hall–Kier alpha value is -3.36. The van der Waals surface area contributed by atoms with Gasteiger partial charge in [-0.3, -0.25) is 4.79 Å². The minimum absolute atomic E-state index is 0.187. The normalized spacial score (nSPS) is 13.8. The number of aryl methyl sites for hydroxylation is 1. The second-order valence-corrected chi connectivity index (χ2v) is 6.52. The predicted octanol–water partition coefficient (Wildman–Crippen LogP) is 2.45. The molecule has 1 aromatic heterocycles. The number of aromatic nitrogens is 2. The van der Waals surface area contributed by atoms with Crippen molar-refractivity contribution in [3.05, 3.63) is 41.9 Å². The molecule has 1 aliphatic rings. The van der Waals surface area contributed by atoms with Crippen LogP contribution in [0.4, 0.5) is 16.3 Å². The maximum absolute atomic E-state index is 12.9. The van der Waals surface area contributed by atoms with Gasteiger partial charge in [-0.25, -0.2) is 14.8 Å². The average molecular weight is 399 g/mol. The molecule has 2 aromatic rings. The van der Waals surface area contributed by atoms with E-state index in [0.717, 1.165) is 11.4 Å². The van der Waals surface area contributed by atoms with Gasteiger partial charge in [0.05, 0.1) is 13.7 Å². The smallest absolute Gasteiger partial charge is 0.409 e. The summed E-state index contributed by atoms with van der Waals surface area (Å²) in [6, 6.07) is 9.07. The fourth-order valence-electron chi connectivity index (χ4n) is 3.06. The summed E-state index contributed by atoms with van der Waals surface area (Å²) in [6.07, 6.45) is -0.345. The third-order valence-electron chi connectivity index (χ3n) is 4.49. The van der Waals surface area contributed by atoms with Crippen molar-refractivity contribution in [3.63, 3.8) is 0 Å². The number of nitrogens with one attached hydrogen (secondary N) is 1. The van der Waals surface area contributed by atoms with Crippen molar-refractivity contribution in [1.29, 1.82) is 0 Å². The molecule has 2 amide bonds. The van der Waals surface area contributed by atoms with E-state index in [0.29, 0.717) is 50.1 Å². The van der Waals surface area contributed by atoms with Crippen LogP contribution in [0.1, 0.15) is 23.2 Å². The molecule has 1 N–H and O–H groups in total. The predicted molar refractivity (Wildman–Crippen MR) is 108 cm³/mol. The Kier molecular flexibility index (Phi) is 6.48. The van der Waals surface area contributed by atoms with Gasteiger partial charge in [0.2, 0.25) is 0 Å². The number of carbonyl (C=O) groups excluding carboxylic acids is 2. The van der Waals surface area contributed by atoms with Crippen LogP contribution in [0.3, 0.4) is 0 Å². The lowest BCUT2D eigenvalue weighted by molar-refractivity contribution is 0.0565. The van der Waals surface area contributed by atoms with Crippen molar-refractivity contribution in [2.45, 2.75) is 13.8 Å². The lowest BCUT2D eigenvalue weighted by Gasteiger charge is -2.33. The lowest BCUT2D eigenvalue weighted by atomic mass is 10.2. The van der Waals surface area contributed by atoms with E-state index in [2.05, 4.69) is 15.3 Å². The molecule has 29 heavy (non-hydrogen) atoms. The molecule has 0 atom stereocenters. The van der Waals surface area contributed by atoms with Gasteiger partial charge in [-0.2, -0.15) is 0 Å². The Labute approximate surface area is 169 Å². The fraction of sp³-hybridized carbons (Fsp3) is 0.400. The van der Waals surface area contributed by atoms with Crippen LogP contribution in [0.25, 0.3) is 0 Å². The molecule has 0 aliphatic carbocycles. The number of carbonyl (C=O) groups is 2. The van der Waals surface area contributed by atoms with Crippen molar-refractivity contribution < 1.29 is 19.1 Å². The van der Waals surface area contributed by atoms with Gasteiger partial charge in [0.25, 0.3) is 5.91 Å². The zero-order valence-electron chi connectivity index (χ0n) is 16.8. The summed E-state index contributed by atoms with van der Waals surface area (Å²) in [7, 11) is 1.60. The lowest BCUT2D eigenvalue weighted by Crippen LogP contribution is -2.50. The van der Waals surface area contributed by atoms with Crippen LogP contribution in [0.5, 0.6) is 5.75 Å². The highest BCUT2D eigenvalue weighted by molar-refractivity contribution is 5.93. The van der Waals surface area contributed by atoms with Gasteiger partial charge in [-0.15, -0.1) is 0 Å². The average Bonchev–Trinajstić information content (AvgIpc) is 2.73. The summed E-state index contributed by atoms with van der Waals surface area (Å²) in [4.78, 5) is 36.7. The van der Waals surface area contributed by atoms with Crippen molar-refractivity contribution in [1.82, 2.24) is 19.8 Å². The fourth-order valence-corrected chi connectivity index (χ4v) is 3.06. The third kappa shape index (κ3) is 5.13. The van der Waals surface area contributed by atoms with E-state index in [9.17, 15) is 9.59 Å². The molecule has 154 valence electrons. The molecule has 0 unspecified atom stereocenters. The molecule has 1 aliphatic heterocycles. The van der Waals surface area contributed by atoms with E-state index >= 15 is 0 Å². The topological polar surface area (TPSA) is 96.9 Å². The number of benzene rings is 1. The molecular formula is C20H25N5O4. The number of ether oxygens (including phenoxy) is 2. The first-order chi connectivity index (χ1) is 14.0. The first kappa shape index (κ1) is 20.4. The number of methoxy groups -OCH3 is 1. The van der Waals surface area contributed by atoms with Gasteiger partial charge < -0.3 is 24.6 Å². The first-order valence-electron chi connectivity index (χ1n) is 9.48. The number of piperazine rings is 1. The zero-order valence-corrected chi connectivity index (χ0v) is 16.8. The first-order valence-corrected chi connectivity index (χ1v) is 9.48. The molecule has 1 saturated heterocycles. The highest BCUT2D eigenvalue weighted by Gasteiger charge is 2.26. The highest BCUT2D eigenvalue weighted by atomic mass is 16.6. The second-order valence-electron chi connectivity index (χ2n) is 6.52. The van der Waals surface area contributed by atoms with Crippen LogP contribution < -0.4 is 10.1 Å². The largest absolute Gasteiger partial charge is 0.497 e. The zero-order chi connectivity index (χ0) is 20.8. The third-order valence-corrected chi connectivity index (χ3v) is 4.49. The number of amides is 2. The Morgan fingerprint density at radius 1 is 1.10 bits per heavy atom. The summed E-state index contributed by atoms with van der Waals surface area (Å²) in [6.45, 7) is 5.57. The molecule has 0 saturated carbocycles. The number of rotatable bonds is 5. The number of nitrogens with zero attached hydrogens (tertiary/aromatic N) is 4. The molecule has 2 heterocycles. The Morgan fingerprint density at radius 3 is 2.52 bits per heavy atom. The SMILES string of the molecule is CCOC(=O)N1CCN(C(=O)c2cc(Nc3cccc(OC)c3)nc(C)n2)CC1. The van der Waals surface area contributed by atoms with Gasteiger partial charge >= 0.3 is 6.09 Å². The highest BCUT2D eigenvalue weighted by Crippen LogP contribution is 2.21. The molecule has 3 rings (SSSR count). The van der Waals surface area contributed by atoms with E-state index in [4.69, 9.17) is 9.47 Å². The Balaban J connectivity index is 1.69. The van der Waals surface area contributed by atoms with E-state index in [1.807, 2.05) is 24.3 Å². The van der Waals surface area contributed by atoms with Crippen LogP contribution in [0.15, 0.2) is 30.3 Å². The van der Waals surface area contributed by atoms with Crippen molar-refractivity contribution >= 4 is 23.5 Å². The van der Waals surface area contributed by atoms with Crippen molar-refractivity contribution in [2.75, 3.05) is 45.2 Å². The quantitative estimate of drug-likeness (QED) is 0.825. The standard InChI is InChI=1S/C20H25N5O4/c1-4-29-20(27)25-10-8-24(9-11-25)19(26)17-13-18(22-14(2)21-17)23-15-6-5-7-16(12-15)28-3/h5-7,12-13H,4,8-11H2,1-3H3,(H,21,22,23). The van der Waals surface area contributed by atoms with Gasteiger partial charge in [-0.1, -0.05) is 6.07 Å². The molecule has 1 aromatic carbocycles. The molecule has 1 fully saturated rings. The summed E-state index contributed by atoms with van der Waals surface area (Å²) in [5.41, 5.74) is 1.11. The van der Waals surface area contributed by atoms with Gasteiger partial charge in [0.1, 0.15) is 23.1 Å². The molecule has 0 bridgehead atoms. The van der Waals surface area contributed by atoms with Crippen LogP contribution >= 0.6 is 0 Å². The number of hydrogen-bond donors (Lipinski definition) is 1. The summed E-state index contributed by atoms with van der Waals surface area (Å²) >= 11 is 0. The second kappa shape index (κ2) is 9.22. The minimum Gasteiger partial charge on any atom is -0.497 e. The Morgan fingerprint density at radius 2 is 1.83 bits per heavy atom. The van der Waals surface area contributed by atoms with Crippen LogP contribution in [0.2, 0.25) is 0 Å². The van der Waals surface area contributed by atoms with Gasteiger partial charge in [0, 0.05) is 44.0 Å². The van der Waals surface area contributed by atoms with E-state index in [1.165, 1.54) is 0 Å². The number of hydrogen-bond acceptors (Lipinski definition) is 7. The van der Waals surface area contributed by atoms with Crippen LogP contribution in [-0.4, -0.2) is 71.7 Å². The molecule has 9 heteroatoms. The summed E-state index contributed by atoms with van der Waals surface area (Å²) in [5.74, 6) is 1.55. The van der Waals surface area contributed by atoms with Crippen molar-refractivity contribution in [2.24, 2.45) is 0 Å². The van der Waals surface area contributed by atoms with Crippen LogP contribution in [0, 0.1) is 6.92 Å². The summed E-state index contributed by atoms with van der Waals surface area (Å²) in [5, 5.41) is 3.18. The molecule has 0 spiro atoms. The maximum Gasteiger partial charge on any atom is 0.409 e. The van der Waals surface area contributed by atoms with E-state index < -0.39 is 0 Å². The monoisotopic (exact) mass is 399 g/mol. The molecular weight excluding hydrogens is 374 g/mol. The maximum atomic E-state index is 12.9. The van der Waals surface area contributed by atoms with Gasteiger partial charge in [0.15, 0.2) is 0 Å². The number of anilines is 2. The molecule has 0 radical (unpaired) electrons. The summed E-state index contributed by atoms with van der Waals surface area (Å²) < 4.78 is 10.2. The minimum atomic E-state index is -0.345. The molecule has 9 nitrogen and oxygen atoms in total. The van der Waals surface area contributed by atoms with Crippen molar-refractivity contribution in [3.8, 4) is 5.75 Å².